The van der Waals surface area contributed by atoms with Gasteiger partial charge in [0.1, 0.15) is 5.16 Å². The zero-order valence-electron chi connectivity index (χ0n) is 7.29. The van der Waals surface area contributed by atoms with Crippen LogP contribution in [0.25, 0.3) is 0 Å². The predicted octanol–water partition coefficient (Wildman–Crippen LogP) is 2.03. The molecule has 0 saturated carbocycles. The number of hydrogen-bond acceptors (Lipinski definition) is 3. The first kappa shape index (κ1) is 9.99. The van der Waals surface area contributed by atoms with Gasteiger partial charge in [-0.05, 0) is 25.0 Å². The Kier molecular flexibility index (Phi) is 3.71. The first-order valence-electron chi connectivity index (χ1n) is 3.99. The van der Waals surface area contributed by atoms with E-state index in [-0.39, 0.29) is 5.97 Å². The highest BCUT2D eigenvalue weighted by atomic mass is 35.5. The van der Waals surface area contributed by atoms with Crippen molar-refractivity contribution in [2.75, 3.05) is 6.61 Å². The molecular weight excluding hydrogens is 190 g/mol. The van der Waals surface area contributed by atoms with E-state index in [9.17, 15) is 4.79 Å². The van der Waals surface area contributed by atoms with E-state index in [1.54, 1.807) is 19.2 Å². The molecule has 1 aliphatic rings. The van der Waals surface area contributed by atoms with Crippen LogP contribution in [0.4, 0.5) is 0 Å². The summed E-state index contributed by atoms with van der Waals surface area (Å²) in [5, 5.41) is 0.459. The Bertz CT molecular complexity index is 292. The van der Waals surface area contributed by atoms with Crippen molar-refractivity contribution in [2.45, 2.75) is 13.3 Å². The third kappa shape index (κ3) is 3.42. The molecule has 4 heteroatoms. The minimum absolute atomic E-state index is 0.338. The fraction of sp³-hybridized carbons (Fsp3) is 0.333. The highest BCUT2D eigenvalue weighted by Crippen LogP contribution is 2.14. The number of esters is 1. The fourth-order valence-corrected chi connectivity index (χ4v) is 1.01. The maximum atomic E-state index is 11.0. The summed E-state index contributed by atoms with van der Waals surface area (Å²) in [6.07, 6.45) is 5.36. The largest absolute Gasteiger partial charge is 0.463 e. The van der Waals surface area contributed by atoms with E-state index in [0.29, 0.717) is 18.2 Å². The number of halogens is 1. The lowest BCUT2D eigenvalue weighted by Crippen LogP contribution is -2.02. The normalized spacial score (nSPS) is 18.6. The number of hydrogen-bond donors (Lipinski definition) is 0. The number of aliphatic imine (C=N–C) groups is 1. The van der Waals surface area contributed by atoms with Gasteiger partial charge in [0.2, 0.25) is 0 Å². The van der Waals surface area contributed by atoms with Crippen LogP contribution in [-0.4, -0.2) is 18.8 Å². The quantitative estimate of drug-likeness (QED) is 0.388. The van der Waals surface area contributed by atoms with Gasteiger partial charge in [0.05, 0.1) is 6.61 Å². The van der Waals surface area contributed by atoms with E-state index in [1.165, 1.54) is 6.08 Å². The molecule has 1 rings (SSSR count). The smallest absolute Gasteiger partial charge is 0.331 e. The Hall–Kier alpha value is -1.09. The van der Waals surface area contributed by atoms with Crippen molar-refractivity contribution >= 4 is 23.8 Å². The average molecular weight is 200 g/mol. The minimum Gasteiger partial charge on any atom is -0.463 e. The molecule has 0 amide bonds. The number of allylic oxidation sites excluding steroid dienone is 2. The molecule has 0 aromatic carbocycles. The maximum absolute atomic E-state index is 11.0. The molecule has 0 N–H and O–H groups in total. The summed E-state index contributed by atoms with van der Waals surface area (Å²) in [5.41, 5.74) is 0.808. The molecule has 0 saturated heterocycles. The van der Waals surface area contributed by atoms with Crippen LogP contribution in [0.1, 0.15) is 13.3 Å². The Morgan fingerprint density at radius 2 is 2.62 bits per heavy atom. The molecule has 0 fully saturated rings. The molecule has 70 valence electrons. The third-order valence-electron chi connectivity index (χ3n) is 1.45. The van der Waals surface area contributed by atoms with Gasteiger partial charge in [-0.2, -0.15) is 0 Å². The molecule has 0 bridgehead atoms. The fourth-order valence-electron chi connectivity index (χ4n) is 0.884. The molecule has 0 atom stereocenters. The molecule has 0 unspecified atom stereocenters. The lowest BCUT2D eigenvalue weighted by atomic mass is 10.1. The number of rotatable bonds is 2. The zero-order chi connectivity index (χ0) is 9.68. The summed E-state index contributed by atoms with van der Waals surface area (Å²) in [7, 11) is 0. The third-order valence-corrected chi connectivity index (χ3v) is 1.70. The van der Waals surface area contributed by atoms with E-state index >= 15 is 0 Å². The zero-order valence-corrected chi connectivity index (χ0v) is 8.04. The molecule has 0 aliphatic carbocycles. The van der Waals surface area contributed by atoms with Crippen molar-refractivity contribution in [1.29, 1.82) is 0 Å². The molecule has 13 heavy (non-hydrogen) atoms. The van der Waals surface area contributed by atoms with Gasteiger partial charge < -0.3 is 4.74 Å². The predicted molar refractivity (Wildman–Crippen MR) is 51.8 cm³/mol. The van der Waals surface area contributed by atoms with E-state index in [1.807, 2.05) is 0 Å². The van der Waals surface area contributed by atoms with E-state index in [0.717, 1.165) is 5.57 Å². The van der Waals surface area contributed by atoms with Crippen LogP contribution in [-0.2, 0) is 9.53 Å². The molecule has 1 aliphatic heterocycles. The first-order chi connectivity index (χ1) is 6.22. The summed E-state index contributed by atoms with van der Waals surface area (Å²) < 4.78 is 4.74. The SMILES string of the molecule is CCOC(=O)C=C1C=NC(Cl)=CC1. The van der Waals surface area contributed by atoms with Crippen molar-refractivity contribution in [3.63, 3.8) is 0 Å². The molecule has 0 aromatic rings. The number of nitrogens with zero attached hydrogens (tertiary/aromatic N) is 1. The van der Waals surface area contributed by atoms with Crippen molar-refractivity contribution in [2.24, 2.45) is 4.99 Å². The van der Waals surface area contributed by atoms with Crippen LogP contribution in [0.3, 0.4) is 0 Å². The van der Waals surface area contributed by atoms with Crippen LogP contribution >= 0.6 is 11.6 Å². The standard InChI is InChI=1S/C9H10ClNO2/c1-2-13-9(12)5-7-3-4-8(10)11-6-7/h4-6H,2-3H2,1H3. The van der Waals surface area contributed by atoms with Crippen LogP contribution in [0.15, 0.2) is 27.9 Å². The van der Waals surface area contributed by atoms with Crippen molar-refractivity contribution in [3.05, 3.63) is 22.9 Å². The summed E-state index contributed by atoms with van der Waals surface area (Å²) in [6.45, 7) is 2.15. The molecule has 1 heterocycles. The van der Waals surface area contributed by atoms with Gasteiger partial charge in [-0.1, -0.05) is 11.6 Å². The number of ether oxygens (including phenoxy) is 1. The second-order valence-electron chi connectivity index (χ2n) is 2.46. The molecule has 0 aromatic heterocycles. The van der Waals surface area contributed by atoms with E-state index in [4.69, 9.17) is 16.3 Å². The summed E-state index contributed by atoms with van der Waals surface area (Å²) in [6, 6.07) is 0. The Morgan fingerprint density at radius 1 is 1.85 bits per heavy atom. The van der Waals surface area contributed by atoms with Gasteiger partial charge in [-0.3, -0.25) is 0 Å². The van der Waals surface area contributed by atoms with Crippen LogP contribution in [0.2, 0.25) is 0 Å². The van der Waals surface area contributed by atoms with Gasteiger partial charge in [-0.25, -0.2) is 9.79 Å². The highest BCUT2D eigenvalue weighted by Gasteiger charge is 2.03. The first-order valence-corrected chi connectivity index (χ1v) is 4.37. The van der Waals surface area contributed by atoms with E-state index < -0.39 is 0 Å². The van der Waals surface area contributed by atoms with Crippen molar-refractivity contribution in [3.8, 4) is 0 Å². The Morgan fingerprint density at radius 3 is 3.15 bits per heavy atom. The topological polar surface area (TPSA) is 38.7 Å². The summed E-state index contributed by atoms with van der Waals surface area (Å²) in [4.78, 5) is 14.8. The lowest BCUT2D eigenvalue weighted by molar-refractivity contribution is -0.137. The lowest BCUT2D eigenvalue weighted by Gasteiger charge is -2.03. The minimum atomic E-state index is -0.338. The summed E-state index contributed by atoms with van der Waals surface area (Å²) in [5.74, 6) is -0.338. The van der Waals surface area contributed by atoms with E-state index in [2.05, 4.69) is 4.99 Å². The maximum Gasteiger partial charge on any atom is 0.331 e. The van der Waals surface area contributed by atoms with Gasteiger partial charge in [0.15, 0.2) is 0 Å². The Balaban J connectivity index is 2.55. The van der Waals surface area contributed by atoms with Gasteiger partial charge in [0, 0.05) is 12.3 Å². The van der Waals surface area contributed by atoms with Crippen molar-refractivity contribution in [1.82, 2.24) is 0 Å². The van der Waals surface area contributed by atoms with Crippen LogP contribution in [0.5, 0.6) is 0 Å². The Labute approximate surface area is 81.7 Å². The van der Waals surface area contributed by atoms with Crippen LogP contribution < -0.4 is 0 Å². The van der Waals surface area contributed by atoms with Crippen LogP contribution in [0, 0.1) is 0 Å². The van der Waals surface area contributed by atoms with Crippen molar-refractivity contribution < 1.29 is 9.53 Å². The second kappa shape index (κ2) is 4.82. The highest BCUT2D eigenvalue weighted by molar-refractivity contribution is 6.30. The summed E-state index contributed by atoms with van der Waals surface area (Å²) >= 11 is 5.60. The van der Waals surface area contributed by atoms with Gasteiger partial charge in [0.25, 0.3) is 0 Å². The number of carbonyl (C=O) groups is 1. The monoisotopic (exact) mass is 199 g/mol. The molecule has 3 nitrogen and oxygen atoms in total. The van der Waals surface area contributed by atoms with Gasteiger partial charge in [-0.15, -0.1) is 0 Å². The molecular formula is C9H10ClNO2. The van der Waals surface area contributed by atoms with Gasteiger partial charge >= 0.3 is 5.97 Å². The second-order valence-corrected chi connectivity index (χ2v) is 2.85. The number of carbonyl (C=O) groups excluding carboxylic acids is 1. The average Bonchev–Trinajstić information content (AvgIpc) is 2.09. The molecule has 0 radical (unpaired) electrons. The molecule has 0 spiro atoms.